The number of carbonyl (C=O) groups is 1. The van der Waals surface area contributed by atoms with Gasteiger partial charge < -0.3 is 16.0 Å². The van der Waals surface area contributed by atoms with Crippen molar-refractivity contribution >= 4 is 28.9 Å². The fraction of sp³-hybridized carbons (Fsp3) is 0.522. The lowest BCUT2D eigenvalue weighted by molar-refractivity contribution is -0.120. The Morgan fingerprint density at radius 1 is 1.23 bits per heavy atom. The van der Waals surface area contributed by atoms with E-state index in [1.54, 1.807) is 11.3 Å². The molecule has 3 N–H and O–H groups in total. The zero-order valence-electron chi connectivity index (χ0n) is 18.0. The predicted octanol–water partition coefficient (Wildman–Crippen LogP) is 4.27. The van der Waals surface area contributed by atoms with Crippen LogP contribution in [0.4, 0.5) is 5.69 Å². The van der Waals surface area contributed by atoms with Crippen molar-refractivity contribution in [2.75, 3.05) is 18.4 Å². The van der Waals surface area contributed by atoms with Gasteiger partial charge in [-0.25, -0.2) is 9.98 Å². The molecule has 3 rings (SSSR count). The van der Waals surface area contributed by atoms with Crippen LogP contribution in [0.2, 0.25) is 0 Å². The number of rotatable bonds is 8. The number of hydrogen-bond donors (Lipinski definition) is 3. The summed E-state index contributed by atoms with van der Waals surface area (Å²) < 4.78 is 0. The Balaban J connectivity index is 1.52. The van der Waals surface area contributed by atoms with Crippen LogP contribution >= 0.6 is 11.3 Å². The monoisotopic (exact) mass is 427 g/mol. The first-order chi connectivity index (χ1) is 14.6. The number of benzene rings is 1. The molecule has 1 fully saturated rings. The van der Waals surface area contributed by atoms with Gasteiger partial charge in [-0.1, -0.05) is 31.4 Å². The maximum absolute atomic E-state index is 12.5. The maximum atomic E-state index is 12.5. The average molecular weight is 428 g/mol. The Hall–Kier alpha value is -2.41. The average Bonchev–Trinajstić information content (AvgIpc) is 3.18. The van der Waals surface area contributed by atoms with E-state index in [-0.39, 0.29) is 11.8 Å². The molecule has 162 valence electrons. The van der Waals surface area contributed by atoms with Crippen LogP contribution in [-0.4, -0.2) is 29.9 Å². The van der Waals surface area contributed by atoms with Crippen molar-refractivity contribution in [3.05, 3.63) is 45.9 Å². The number of amides is 1. The van der Waals surface area contributed by atoms with Crippen molar-refractivity contribution in [3.63, 3.8) is 0 Å². The topological polar surface area (TPSA) is 78.4 Å². The van der Waals surface area contributed by atoms with E-state index in [9.17, 15) is 4.79 Å². The minimum atomic E-state index is 0.155. The van der Waals surface area contributed by atoms with Crippen molar-refractivity contribution in [2.24, 2.45) is 10.9 Å². The van der Waals surface area contributed by atoms with Gasteiger partial charge in [0.2, 0.25) is 5.91 Å². The molecule has 1 aromatic heterocycles. The lowest BCUT2D eigenvalue weighted by Crippen LogP contribution is -2.38. The lowest BCUT2D eigenvalue weighted by Gasteiger charge is -2.20. The van der Waals surface area contributed by atoms with Gasteiger partial charge in [0, 0.05) is 36.5 Å². The number of aromatic nitrogens is 1. The Labute approximate surface area is 183 Å². The second-order valence-electron chi connectivity index (χ2n) is 7.75. The third-order valence-electron chi connectivity index (χ3n) is 5.27. The number of thiazole rings is 1. The van der Waals surface area contributed by atoms with Crippen LogP contribution in [0.5, 0.6) is 0 Å². The van der Waals surface area contributed by atoms with Crippen molar-refractivity contribution in [2.45, 2.75) is 58.9 Å². The number of nitrogens with one attached hydrogen (secondary N) is 3. The number of nitrogens with zero attached hydrogens (tertiary/aromatic N) is 2. The lowest BCUT2D eigenvalue weighted by atomic mass is 9.88. The minimum Gasteiger partial charge on any atom is -0.357 e. The molecule has 30 heavy (non-hydrogen) atoms. The number of hydrogen-bond acceptors (Lipinski definition) is 4. The molecule has 1 aliphatic carbocycles. The predicted molar refractivity (Wildman–Crippen MR) is 125 cm³/mol. The highest BCUT2D eigenvalue weighted by Crippen LogP contribution is 2.25. The molecular formula is C23H33N5OS. The van der Waals surface area contributed by atoms with Crippen LogP contribution in [0.1, 0.15) is 55.3 Å². The van der Waals surface area contributed by atoms with Crippen molar-refractivity contribution in [1.29, 1.82) is 0 Å². The van der Waals surface area contributed by atoms with Crippen molar-refractivity contribution in [3.8, 4) is 0 Å². The summed E-state index contributed by atoms with van der Waals surface area (Å²) in [4.78, 5) is 21.7. The van der Waals surface area contributed by atoms with Gasteiger partial charge in [0.05, 0.1) is 17.2 Å². The fourth-order valence-corrected chi connectivity index (χ4v) is 4.35. The molecular weight excluding hydrogens is 394 g/mol. The number of guanidine groups is 1. The summed E-state index contributed by atoms with van der Waals surface area (Å²) in [6.45, 7) is 6.23. The number of anilines is 1. The van der Waals surface area contributed by atoms with Gasteiger partial charge in [-0.2, -0.15) is 0 Å². The Kier molecular flexibility index (Phi) is 8.68. The molecule has 6 nitrogen and oxygen atoms in total. The van der Waals surface area contributed by atoms with Crippen LogP contribution < -0.4 is 16.0 Å². The van der Waals surface area contributed by atoms with Crippen LogP contribution in [0.3, 0.4) is 0 Å². The van der Waals surface area contributed by atoms with Gasteiger partial charge in [-0.3, -0.25) is 4.79 Å². The van der Waals surface area contributed by atoms with Crippen LogP contribution in [-0.2, 0) is 17.8 Å². The molecule has 1 amide bonds. The molecule has 0 atom stereocenters. The summed E-state index contributed by atoms with van der Waals surface area (Å²) in [5.41, 5.74) is 3.04. The Morgan fingerprint density at radius 2 is 2.07 bits per heavy atom. The molecule has 1 heterocycles. The Morgan fingerprint density at radius 3 is 2.80 bits per heavy atom. The van der Waals surface area contributed by atoms with E-state index in [1.165, 1.54) is 6.42 Å². The number of aryl methyl sites for hydroxylation is 1. The Bertz CT molecular complexity index is 842. The van der Waals surface area contributed by atoms with Gasteiger partial charge in [0.25, 0.3) is 0 Å². The number of carbonyl (C=O) groups excluding carboxylic acids is 1. The molecule has 0 spiro atoms. The summed E-state index contributed by atoms with van der Waals surface area (Å²) in [5.74, 6) is 1.11. The van der Waals surface area contributed by atoms with Gasteiger partial charge in [-0.05, 0) is 44.4 Å². The highest BCUT2D eigenvalue weighted by molar-refractivity contribution is 7.09. The molecule has 0 bridgehead atoms. The second-order valence-corrected chi connectivity index (χ2v) is 8.82. The second kappa shape index (κ2) is 11.7. The highest BCUT2D eigenvalue weighted by atomic mass is 32.1. The molecule has 0 radical (unpaired) electrons. The highest BCUT2D eigenvalue weighted by Gasteiger charge is 2.21. The molecule has 1 aromatic carbocycles. The van der Waals surface area contributed by atoms with Crippen LogP contribution in [0, 0.1) is 12.8 Å². The molecule has 0 saturated heterocycles. The van der Waals surface area contributed by atoms with Crippen LogP contribution in [0.25, 0.3) is 0 Å². The van der Waals surface area contributed by atoms with E-state index in [4.69, 9.17) is 4.99 Å². The third-order valence-corrected chi connectivity index (χ3v) is 6.10. The third kappa shape index (κ3) is 7.13. The summed E-state index contributed by atoms with van der Waals surface area (Å²) in [7, 11) is 0. The van der Waals surface area contributed by atoms with Gasteiger partial charge in [0.15, 0.2) is 5.96 Å². The zero-order chi connectivity index (χ0) is 21.2. The summed E-state index contributed by atoms with van der Waals surface area (Å²) in [5, 5.41) is 13.0. The van der Waals surface area contributed by atoms with E-state index in [0.29, 0.717) is 6.54 Å². The SMILES string of the molecule is CCNC(=NCc1cccc(NC(=O)C2CCCCC2)c1)NCCc1csc(C)n1. The molecule has 0 unspecified atom stereocenters. The van der Waals surface area contributed by atoms with Crippen molar-refractivity contribution < 1.29 is 4.79 Å². The maximum Gasteiger partial charge on any atom is 0.227 e. The summed E-state index contributed by atoms with van der Waals surface area (Å²) >= 11 is 1.68. The molecule has 1 saturated carbocycles. The van der Waals surface area contributed by atoms with Gasteiger partial charge >= 0.3 is 0 Å². The van der Waals surface area contributed by atoms with E-state index >= 15 is 0 Å². The van der Waals surface area contributed by atoms with E-state index in [0.717, 1.165) is 73.1 Å². The summed E-state index contributed by atoms with van der Waals surface area (Å²) in [6.07, 6.45) is 6.46. The van der Waals surface area contributed by atoms with Gasteiger partial charge in [0.1, 0.15) is 0 Å². The smallest absolute Gasteiger partial charge is 0.227 e. The summed E-state index contributed by atoms with van der Waals surface area (Å²) in [6, 6.07) is 7.99. The molecule has 2 aromatic rings. The van der Waals surface area contributed by atoms with E-state index in [2.05, 4.69) is 33.2 Å². The standard InChI is InChI=1S/C23H33N5OS/c1-3-24-23(25-13-12-21-16-30-17(2)27-21)26-15-18-8-7-11-20(14-18)28-22(29)19-9-5-4-6-10-19/h7-8,11,14,16,19H,3-6,9-10,12-13,15H2,1-2H3,(H,28,29)(H2,24,25,26). The van der Waals surface area contributed by atoms with Gasteiger partial charge in [-0.15, -0.1) is 11.3 Å². The van der Waals surface area contributed by atoms with Crippen molar-refractivity contribution in [1.82, 2.24) is 15.6 Å². The molecule has 7 heteroatoms. The first-order valence-electron chi connectivity index (χ1n) is 11.0. The first kappa shape index (κ1) is 22.3. The first-order valence-corrected chi connectivity index (χ1v) is 11.8. The molecule has 0 aliphatic heterocycles. The zero-order valence-corrected chi connectivity index (χ0v) is 18.9. The van der Waals surface area contributed by atoms with Crippen LogP contribution in [0.15, 0.2) is 34.6 Å². The van der Waals surface area contributed by atoms with E-state index < -0.39 is 0 Å². The number of aliphatic imine (C=N–C) groups is 1. The fourth-order valence-electron chi connectivity index (χ4n) is 3.70. The minimum absolute atomic E-state index is 0.155. The van der Waals surface area contributed by atoms with E-state index in [1.807, 2.05) is 31.2 Å². The largest absolute Gasteiger partial charge is 0.357 e. The normalized spacial score (nSPS) is 15.1. The molecule has 1 aliphatic rings. The quantitative estimate of drug-likeness (QED) is 0.434.